The van der Waals surface area contributed by atoms with Gasteiger partial charge >= 0.3 is 12.0 Å². The normalized spacial score (nSPS) is 10.5. The van der Waals surface area contributed by atoms with E-state index >= 15 is 0 Å². The summed E-state index contributed by atoms with van der Waals surface area (Å²) in [6.07, 6.45) is 0.491. The summed E-state index contributed by atoms with van der Waals surface area (Å²) in [4.78, 5) is 24.8. The van der Waals surface area contributed by atoms with Crippen molar-refractivity contribution in [3.8, 4) is 0 Å². The molecule has 0 fully saturated rings. The lowest BCUT2D eigenvalue weighted by molar-refractivity contribution is 0.0696. The molecule has 0 atom stereocenters. The number of carbonyl (C=O) groups is 2. The van der Waals surface area contributed by atoms with Gasteiger partial charge in [0.2, 0.25) is 0 Å². The van der Waals surface area contributed by atoms with Crippen molar-refractivity contribution in [2.75, 3.05) is 18.5 Å². The lowest BCUT2D eigenvalue weighted by atomic mass is 10.2. The molecule has 2 amide bonds. The van der Waals surface area contributed by atoms with E-state index in [4.69, 9.17) is 10.2 Å². The molecule has 0 aliphatic heterocycles. The summed E-state index contributed by atoms with van der Waals surface area (Å²) < 4.78 is 0.573. The molecule has 6 nitrogen and oxygen atoms in total. The maximum absolute atomic E-state index is 12.2. The van der Waals surface area contributed by atoms with Gasteiger partial charge in [0.15, 0.2) is 0 Å². The number of halogens is 1. The number of aliphatic hydroxyl groups excluding tert-OH is 1. The fourth-order valence-corrected chi connectivity index (χ4v) is 2.31. The van der Waals surface area contributed by atoms with E-state index in [1.54, 1.807) is 11.0 Å². The van der Waals surface area contributed by atoms with Gasteiger partial charge in [-0.3, -0.25) is 0 Å². The maximum atomic E-state index is 12.2. The molecule has 3 N–H and O–H groups in total. The van der Waals surface area contributed by atoms with Gasteiger partial charge in [-0.05, 0) is 38.5 Å². The summed E-state index contributed by atoms with van der Waals surface area (Å²) in [7, 11) is 0. The number of benzene rings is 1. The fraction of sp³-hybridized carbons (Fsp3) is 0.429. The van der Waals surface area contributed by atoms with Gasteiger partial charge in [-0.2, -0.15) is 0 Å². The SMILES string of the molecule is CC(C)N(CCCO)C(=O)Nc1cc(Br)cc(C(=O)O)c1. The third-order valence-electron chi connectivity index (χ3n) is 2.84. The van der Waals surface area contributed by atoms with Gasteiger partial charge in [-0.1, -0.05) is 15.9 Å². The summed E-state index contributed by atoms with van der Waals surface area (Å²) in [5.74, 6) is -1.06. The van der Waals surface area contributed by atoms with E-state index in [9.17, 15) is 9.59 Å². The van der Waals surface area contributed by atoms with Gasteiger partial charge in [-0.15, -0.1) is 0 Å². The zero-order valence-electron chi connectivity index (χ0n) is 12.0. The monoisotopic (exact) mass is 358 g/mol. The molecule has 0 heterocycles. The summed E-state index contributed by atoms with van der Waals surface area (Å²) >= 11 is 3.22. The van der Waals surface area contributed by atoms with Crippen LogP contribution in [0.15, 0.2) is 22.7 Å². The second-order valence-electron chi connectivity index (χ2n) is 4.83. The number of amides is 2. The van der Waals surface area contributed by atoms with Crippen LogP contribution in [0.2, 0.25) is 0 Å². The Kier molecular flexibility index (Phi) is 6.64. The van der Waals surface area contributed by atoms with Crippen LogP contribution in [-0.4, -0.2) is 46.3 Å². The molecule has 0 saturated heterocycles. The lowest BCUT2D eigenvalue weighted by Gasteiger charge is -2.26. The molecule has 0 unspecified atom stereocenters. The van der Waals surface area contributed by atoms with E-state index in [0.29, 0.717) is 23.1 Å². The van der Waals surface area contributed by atoms with E-state index in [-0.39, 0.29) is 24.2 Å². The standard InChI is InChI=1S/C14H19BrN2O4/c1-9(2)17(4-3-5-18)14(21)16-12-7-10(13(19)20)6-11(15)8-12/h6-9,18H,3-5H2,1-2H3,(H,16,21)(H,19,20). The summed E-state index contributed by atoms with van der Waals surface area (Å²) in [6.45, 7) is 4.19. The number of carboxylic acid groups (broad SMARTS) is 1. The van der Waals surface area contributed by atoms with Gasteiger partial charge in [0, 0.05) is 29.4 Å². The zero-order valence-corrected chi connectivity index (χ0v) is 13.6. The number of anilines is 1. The summed E-state index contributed by atoms with van der Waals surface area (Å²) in [5, 5.41) is 20.6. The van der Waals surface area contributed by atoms with E-state index in [1.807, 2.05) is 13.8 Å². The van der Waals surface area contributed by atoms with Gasteiger partial charge in [0.25, 0.3) is 0 Å². The van der Waals surface area contributed by atoms with Crippen molar-refractivity contribution in [1.29, 1.82) is 0 Å². The molecule has 0 radical (unpaired) electrons. The molecule has 1 rings (SSSR count). The van der Waals surface area contributed by atoms with Crippen LogP contribution in [0, 0.1) is 0 Å². The number of aromatic carboxylic acids is 1. The predicted molar refractivity (Wildman–Crippen MR) is 83.7 cm³/mol. The highest BCUT2D eigenvalue weighted by molar-refractivity contribution is 9.10. The summed E-state index contributed by atoms with van der Waals surface area (Å²) in [5.41, 5.74) is 0.493. The zero-order chi connectivity index (χ0) is 16.0. The molecule has 0 aromatic heterocycles. The van der Waals surface area contributed by atoms with Gasteiger partial charge in [0.1, 0.15) is 0 Å². The van der Waals surface area contributed by atoms with Crippen LogP contribution in [0.3, 0.4) is 0 Å². The topological polar surface area (TPSA) is 89.9 Å². The van der Waals surface area contributed by atoms with Crippen molar-refractivity contribution in [2.24, 2.45) is 0 Å². The number of hydrogen-bond donors (Lipinski definition) is 3. The third kappa shape index (κ3) is 5.35. The minimum Gasteiger partial charge on any atom is -0.478 e. The molecule has 0 aliphatic rings. The van der Waals surface area contributed by atoms with Crippen LogP contribution in [0.1, 0.15) is 30.6 Å². The highest BCUT2D eigenvalue weighted by Crippen LogP contribution is 2.20. The second-order valence-corrected chi connectivity index (χ2v) is 5.74. The minimum absolute atomic E-state index is 0.0105. The molecule has 21 heavy (non-hydrogen) atoms. The number of aliphatic hydroxyl groups is 1. The number of nitrogens with zero attached hydrogens (tertiary/aromatic N) is 1. The Morgan fingerprint density at radius 1 is 1.33 bits per heavy atom. The van der Waals surface area contributed by atoms with Crippen molar-refractivity contribution >= 4 is 33.6 Å². The van der Waals surface area contributed by atoms with Crippen molar-refractivity contribution in [3.63, 3.8) is 0 Å². The Morgan fingerprint density at radius 2 is 2.00 bits per heavy atom. The first-order valence-electron chi connectivity index (χ1n) is 6.57. The number of rotatable bonds is 6. The average Bonchev–Trinajstić information content (AvgIpc) is 2.37. The van der Waals surface area contributed by atoms with E-state index < -0.39 is 5.97 Å². The smallest absolute Gasteiger partial charge is 0.335 e. The van der Waals surface area contributed by atoms with Crippen molar-refractivity contribution in [3.05, 3.63) is 28.2 Å². The predicted octanol–water partition coefficient (Wildman–Crippen LogP) is 2.77. The van der Waals surface area contributed by atoms with Crippen LogP contribution in [0.5, 0.6) is 0 Å². The van der Waals surface area contributed by atoms with Crippen LogP contribution < -0.4 is 5.32 Å². The Balaban J connectivity index is 2.88. The van der Waals surface area contributed by atoms with Crippen LogP contribution in [-0.2, 0) is 0 Å². The molecule has 0 aliphatic carbocycles. The highest BCUT2D eigenvalue weighted by atomic mass is 79.9. The largest absolute Gasteiger partial charge is 0.478 e. The van der Waals surface area contributed by atoms with Crippen LogP contribution >= 0.6 is 15.9 Å². The van der Waals surface area contributed by atoms with Gasteiger partial charge in [0.05, 0.1) is 5.56 Å². The number of carboxylic acids is 1. The van der Waals surface area contributed by atoms with Crippen LogP contribution in [0.4, 0.5) is 10.5 Å². The number of hydrogen-bond acceptors (Lipinski definition) is 3. The summed E-state index contributed by atoms with van der Waals surface area (Å²) in [6, 6.07) is 4.14. The molecular formula is C14H19BrN2O4. The third-order valence-corrected chi connectivity index (χ3v) is 3.30. The van der Waals surface area contributed by atoms with E-state index in [0.717, 1.165) is 0 Å². The number of urea groups is 1. The maximum Gasteiger partial charge on any atom is 0.335 e. The van der Waals surface area contributed by atoms with Crippen molar-refractivity contribution in [1.82, 2.24) is 4.90 Å². The van der Waals surface area contributed by atoms with Gasteiger partial charge in [-0.25, -0.2) is 9.59 Å². The molecule has 7 heteroatoms. The first-order chi connectivity index (χ1) is 9.85. The lowest BCUT2D eigenvalue weighted by Crippen LogP contribution is -2.41. The Hall–Kier alpha value is -1.60. The first-order valence-corrected chi connectivity index (χ1v) is 7.36. The van der Waals surface area contributed by atoms with Crippen LogP contribution in [0.25, 0.3) is 0 Å². The minimum atomic E-state index is -1.06. The number of nitrogens with one attached hydrogen (secondary N) is 1. The molecular weight excluding hydrogens is 340 g/mol. The molecule has 1 aromatic carbocycles. The molecule has 0 saturated carbocycles. The van der Waals surface area contributed by atoms with E-state index in [2.05, 4.69) is 21.2 Å². The number of carbonyl (C=O) groups excluding carboxylic acids is 1. The Morgan fingerprint density at radius 3 is 2.52 bits per heavy atom. The second kappa shape index (κ2) is 7.99. The van der Waals surface area contributed by atoms with Gasteiger partial charge < -0.3 is 20.4 Å². The molecule has 0 bridgehead atoms. The quantitative estimate of drug-likeness (QED) is 0.729. The van der Waals surface area contributed by atoms with Crippen molar-refractivity contribution in [2.45, 2.75) is 26.3 Å². The Labute approximate surface area is 131 Å². The highest BCUT2D eigenvalue weighted by Gasteiger charge is 2.17. The fourth-order valence-electron chi connectivity index (χ4n) is 1.82. The first kappa shape index (κ1) is 17.5. The van der Waals surface area contributed by atoms with E-state index in [1.165, 1.54) is 12.1 Å². The average molecular weight is 359 g/mol. The molecule has 116 valence electrons. The molecule has 0 spiro atoms. The Bertz CT molecular complexity index is 520. The van der Waals surface area contributed by atoms with Crippen molar-refractivity contribution < 1.29 is 19.8 Å². The molecule has 1 aromatic rings.